The molecule has 0 aliphatic carbocycles. The van der Waals surface area contributed by atoms with E-state index in [1.165, 1.54) is 0 Å². The van der Waals surface area contributed by atoms with E-state index >= 15 is 0 Å². The normalized spacial score (nSPS) is 47.5. The molecule has 3 aliphatic rings. The maximum absolute atomic E-state index is 9.85. The maximum Gasteiger partial charge on any atom is 0.147 e. The van der Waals surface area contributed by atoms with Gasteiger partial charge in [0.1, 0.15) is 50.9 Å². The van der Waals surface area contributed by atoms with Crippen molar-refractivity contribution in [3.8, 4) is 0 Å². The maximum atomic E-state index is 9.85. The molecule has 3 heterocycles. The summed E-state index contributed by atoms with van der Waals surface area (Å²) in [6.45, 7) is 1.26. The lowest BCUT2D eigenvalue weighted by Gasteiger charge is -2.44. The molecule has 0 aromatic rings. The van der Waals surface area contributed by atoms with Crippen LogP contribution in [0.3, 0.4) is 0 Å². The summed E-state index contributed by atoms with van der Waals surface area (Å²) in [4.78, 5) is 0. The summed E-state index contributed by atoms with van der Waals surface area (Å²) in [6, 6.07) is 0. The van der Waals surface area contributed by atoms with E-state index in [4.69, 9.17) is 28.4 Å². The Bertz CT molecular complexity index is 253. The van der Waals surface area contributed by atoms with Gasteiger partial charge in [-0.25, -0.2) is 0 Å². The third kappa shape index (κ3) is 2.32. The van der Waals surface area contributed by atoms with Gasteiger partial charge in [-0.05, 0) is 0 Å². The van der Waals surface area contributed by atoms with Gasteiger partial charge in [0.2, 0.25) is 0 Å². The fraction of sp³-hybridized carbons (Fsp3) is 1.00. The van der Waals surface area contributed by atoms with Gasteiger partial charge in [0.15, 0.2) is 0 Å². The SMILES string of the molecule is OC1COCOC1C1OCOC2COCOC21. The fourth-order valence-electron chi connectivity index (χ4n) is 2.34. The van der Waals surface area contributed by atoms with Gasteiger partial charge in [0, 0.05) is 0 Å². The zero-order valence-corrected chi connectivity index (χ0v) is 9.32. The smallest absolute Gasteiger partial charge is 0.147 e. The minimum Gasteiger partial charge on any atom is -0.388 e. The molecule has 98 valence electrons. The van der Waals surface area contributed by atoms with Crippen LogP contribution in [-0.2, 0) is 28.4 Å². The van der Waals surface area contributed by atoms with Crippen molar-refractivity contribution < 1.29 is 33.5 Å². The molecule has 7 nitrogen and oxygen atoms in total. The van der Waals surface area contributed by atoms with Gasteiger partial charge in [0.05, 0.1) is 13.2 Å². The summed E-state index contributed by atoms with van der Waals surface area (Å²) in [5.74, 6) is 0. The van der Waals surface area contributed by atoms with Gasteiger partial charge in [0.25, 0.3) is 0 Å². The third-order valence-electron chi connectivity index (χ3n) is 3.19. The van der Waals surface area contributed by atoms with E-state index in [1.54, 1.807) is 0 Å². The Kier molecular flexibility index (Phi) is 3.57. The molecule has 17 heavy (non-hydrogen) atoms. The molecule has 7 heteroatoms. The average Bonchev–Trinajstić information content (AvgIpc) is 2.39. The highest BCUT2D eigenvalue weighted by Gasteiger charge is 2.46. The van der Waals surface area contributed by atoms with Gasteiger partial charge >= 0.3 is 0 Å². The number of rotatable bonds is 1. The Morgan fingerprint density at radius 1 is 0.706 bits per heavy atom. The Morgan fingerprint density at radius 2 is 1.41 bits per heavy atom. The minimum absolute atomic E-state index is 0.159. The van der Waals surface area contributed by atoms with Crippen LogP contribution in [0.15, 0.2) is 0 Å². The molecule has 5 unspecified atom stereocenters. The monoisotopic (exact) mass is 248 g/mol. The van der Waals surface area contributed by atoms with Crippen LogP contribution in [0, 0.1) is 0 Å². The molecule has 0 amide bonds. The van der Waals surface area contributed by atoms with Crippen molar-refractivity contribution in [2.24, 2.45) is 0 Å². The van der Waals surface area contributed by atoms with Gasteiger partial charge in [-0.2, -0.15) is 0 Å². The van der Waals surface area contributed by atoms with E-state index in [9.17, 15) is 5.11 Å². The van der Waals surface area contributed by atoms with Crippen LogP contribution >= 0.6 is 0 Å². The van der Waals surface area contributed by atoms with E-state index in [0.29, 0.717) is 6.61 Å². The highest BCUT2D eigenvalue weighted by atomic mass is 16.8. The fourth-order valence-corrected chi connectivity index (χ4v) is 2.34. The van der Waals surface area contributed by atoms with Crippen molar-refractivity contribution in [1.82, 2.24) is 0 Å². The summed E-state index contributed by atoms with van der Waals surface area (Å²) >= 11 is 0. The van der Waals surface area contributed by atoms with Crippen LogP contribution < -0.4 is 0 Å². The quantitative estimate of drug-likeness (QED) is 0.627. The van der Waals surface area contributed by atoms with E-state index in [-0.39, 0.29) is 45.3 Å². The predicted octanol–water partition coefficient (Wildman–Crippen LogP) is -1.17. The molecule has 3 saturated heterocycles. The Balaban J connectivity index is 1.71. The molecule has 0 saturated carbocycles. The molecular formula is C10H16O7. The highest BCUT2D eigenvalue weighted by Crippen LogP contribution is 2.27. The minimum atomic E-state index is -0.709. The summed E-state index contributed by atoms with van der Waals surface area (Å²) in [5.41, 5.74) is 0. The first-order valence-electron chi connectivity index (χ1n) is 5.66. The van der Waals surface area contributed by atoms with Gasteiger partial charge in [-0.3, -0.25) is 0 Å². The molecular weight excluding hydrogens is 232 g/mol. The molecule has 0 spiro atoms. The van der Waals surface area contributed by atoms with Gasteiger partial charge < -0.3 is 33.5 Å². The summed E-state index contributed by atoms with van der Waals surface area (Å²) < 4.78 is 32.0. The van der Waals surface area contributed by atoms with Gasteiger partial charge in [-0.1, -0.05) is 0 Å². The molecule has 0 aromatic heterocycles. The van der Waals surface area contributed by atoms with Crippen molar-refractivity contribution >= 4 is 0 Å². The largest absolute Gasteiger partial charge is 0.388 e. The molecule has 0 radical (unpaired) electrons. The van der Waals surface area contributed by atoms with E-state index in [0.717, 1.165) is 0 Å². The van der Waals surface area contributed by atoms with Crippen LogP contribution in [0.2, 0.25) is 0 Å². The zero-order chi connectivity index (χ0) is 11.7. The average molecular weight is 248 g/mol. The van der Waals surface area contributed by atoms with Crippen LogP contribution in [0.25, 0.3) is 0 Å². The molecule has 1 N–H and O–H groups in total. The predicted molar refractivity (Wildman–Crippen MR) is 52.0 cm³/mol. The molecule has 0 bridgehead atoms. The zero-order valence-electron chi connectivity index (χ0n) is 9.32. The number of hydrogen-bond donors (Lipinski definition) is 1. The standard InChI is InChI=1S/C10H16O7/c11-6-1-12-3-15-8(6)10-9-7(14-5-17-10)2-13-4-16-9/h6-11H,1-5H2. The topological polar surface area (TPSA) is 75.6 Å². The number of fused-ring (bicyclic) bond motifs is 1. The Morgan fingerprint density at radius 3 is 2.24 bits per heavy atom. The lowest BCUT2D eigenvalue weighted by atomic mass is 9.97. The number of aliphatic hydroxyl groups excluding tert-OH is 1. The summed E-state index contributed by atoms with van der Waals surface area (Å²) in [5, 5.41) is 9.85. The third-order valence-corrected chi connectivity index (χ3v) is 3.19. The highest BCUT2D eigenvalue weighted by molar-refractivity contribution is 4.92. The van der Waals surface area contributed by atoms with Crippen molar-refractivity contribution in [3.63, 3.8) is 0 Å². The number of aliphatic hydroxyl groups is 1. The van der Waals surface area contributed by atoms with Crippen molar-refractivity contribution in [2.45, 2.75) is 30.5 Å². The molecule has 3 fully saturated rings. The van der Waals surface area contributed by atoms with Crippen LogP contribution in [-0.4, -0.2) is 69.2 Å². The van der Waals surface area contributed by atoms with Crippen LogP contribution in [0.5, 0.6) is 0 Å². The first kappa shape index (κ1) is 11.8. The van der Waals surface area contributed by atoms with E-state index < -0.39 is 12.2 Å². The second-order valence-electron chi connectivity index (χ2n) is 4.26. The van der Waals surface area contributed by atoms with Crippen LogP contribution in [0.1, 0.15) is 0 Å². The molecule has 3 rings (SSSR count). The van der Waals surface area contributed by atoms with E-state index in [1.807, 2.05) is 0 Å². The Hall–Kier alpha value is -0.280. The van der Waals surface area contributed by atoms with Crippen molar-refractivity contribution in [2.75, 3.05) is 33.6 Å². The van der Waals surface area contributed by atoms with Gasteiger partial charge in [-0.15, -0.1) is 0 Å². The molecule has 0 aromatic carbocycles. The molecule has 5 atom stereocenters. The lowest BCUT2D eigenvalue weighted by molar-refractivity contribution is -0.334. The summed E-state index contributed by atoms with van der Waals surface area (Å²) in [6.07, 6.45) is -1.94. The van der Waals surface area contributed by atoms with Crippen molar-refractivity contribution in [3.05, 3.63) is 0 Å². The number of hydrogen-bond acceptors (Lipinski definition) is 7. The van der Waals surface area contributed by atoms with Crippen molar-refractivity contribution in [1.29, 1.82) is 0 Å². The first-order valence-corrected chi connectivity index (χ1v) is 5.66. The molecule has 3 aliphatic heterocycles. The first-order chi connectivity index (χ1) is 8.36. The Labute approximate surface area is 98.5 Å². The van der Waals surface area contributed by atoms with E-state index in [2.05, 4.69) is 0 Å². The number of ether oxygens (including phenoxy) is 6. The van der Waals surface area contributed by atoms with Crippen LogP contribution in [0.4, 0.5) is 0 Å². The summed E-state index contributed by atoms with van der Waals surface area (Å²) in [7, 11) is 0. The second-order valence-corrected chi connectivity index (χ2v) is 4.26. The lowest BCUT2D eigenvalue weighted by Crippen LogP contribution is -2.61. The second kappa shape index (κ2) is 5.15.